The molecule has 0 unspecified atom stereocenters. The lowest BCUT2D eigenvalue weighted by molar-refractivity contribution is 0.0944. The summed E-state index contributed by atoms with van der Waals surface area (Å²) in [5.41, 5.74) is 2.27. The molecule has 3 N–H and O–H groups in total. The number of amides is 2. The minimum atomic E-state index is -0.0671. The van der Waals surface area contributed by atoms with E-state index in [1.54, 1.807) is 30.5 Å². The lowest BCUT2D eigenvalue weighted by Gasteiger charge is -2.08. The first-order chi connectivity index (χ1) is 12.2. The number of pyridine rings is 1. The van der Waals surface area contributed by atoms with E-state index in [0.717, 1.165) is 18.4 Å². The monoisotopic (exact) mass is 338 g/mol. The number of hydrogen-bond donors (Lipinski definition) is 3. The van der Waals surface area contributed by atoms with Gasteiger partial charge in [-0.25, -0.2) is 4.98 Å². The van der Waals surface area contributed by atoms with Crippen molar-refractivity contribution in [2.75, 3.05) is 11.9 Å². The SMILES string of the molecule is CCNC(=O)c1ccc(CNc2ccc(C(=O)NC3CC3)cn2)cc1. The van der Waals surface area contributed by atoms with Gasteiger partial charge in [-0.1, -0.05) is 12.1 Å². The van der Waals surface area contributed by atoms with Crippen molar-refractivity contribution in [3.8, 4) is 0 Å². The largest absolute Gasteiger partial charge is 0.366 e. The first kappa shape index (κ1) is 17.0. The number of carbonyl (C=O) groups excluding carboxylic acids is 2. The van der Waals surface area contributed by atoms with E-state index < -0.39 is 0 Å². The molecule has 0 aliphatic heterocycles. The average molecular weight is 338 g/mol. The molecular weight excluding hydrogens is 316 g/mol. The maximum absolute atomic E-state index is 11.9. The van der Waals surface area contributed by atoms with Gasteiger partial charge < -0.3 is 16.0 Å². The van der Waals surface area contributed by atoms with E-state index in [2.05, 4.69) is 20.9 Å². The molecule has 2 aromatic rings. The Kier molecular flexibility index (Phi) is 5.28. The molecule has 25 heavy (non-hydrogen) atoms. The third-order valence-electron chi connectivity index (χ3n) is 3.97. The van der Waals surface area contributed by atoms with Gasteiger partial charge in [-0.3, -0.25) is 9.59 Å². The van der Waals surface area contributed by atoms with Crippen LogP contribution in [0.5, 0.6) is 0 Å². The van der Waals surface area contributed by atoms with Gasteiger partial charge in [0.05, 0.1) is 5.56 Å². The molecule has 1 aliphatic carbocycles. The highest BCUT2D eigenvalue weighted by molar-refractivity contribution is 5.94. The maximum Gasteiger partial charge on any atom is 0.253 e. The first-order valence-corrected chi connectivity index (χ1v) is 8.53. The topological polar surface area (TPSA) is 83.1 Å². The molecule has 1 aliphatic rings. The van der Waals surface area contributed by atoms with Gasteiger partial charge in [0.1, 0.15) is 5.82 Å². The summed E-state index contributed by atoms with van der Waals surface area (Å²) >= 11 is 0. The van der Waals surface area contributed by atoms with Crippen LogP contribution in [0.2, 0.25) is 0 Å². The highest BCUT2D eigenvalue weighted by atomic mass is 16.2. The fourth-order valence-electron chi connectivity index (χ4n) is 2.36. The molecule has 0 atom stereocenters. The van der Waals surface area contributed by atoms with Crippen molar-refractivity contribution in [3.63, 3.8) is 0 Å². The molecule has 6 nitrogen and oxygen atoms in total. The number of rotatable bonds is 7. The Bertz CT molecular complexity index is 737. The van der Waals surface area contributed by atoms with E-state index in [4.69, 9.17) is 0 Å². The van der Waals surface area contributed by atoms with E-state index in [1.807, 2.05) is 19.1 Å². The number of hydrogen-bond acceptors (Lipinski definition) is 4. The van der Waals surface area contributed by atoms with Gasteiger partial charge in [-0.2, -0.15) is 0 Å². The number of aromatic nitrogens is 1. The number of carbonyl (C=O) groups is 2. The minimum Gasteiger partial charge on any atom is -0.366 e. The van der Waals surface area contributed by atoms with Gasteiger partial charge in [-0.05, 0) is 49.6 Å². The Morgan fingerprint density at radius 1 is 1.04 bits per heavy atom. The number of nitrogens with one attached hydrogen (secondary N) is 3. The van der Waals surface area contributed by atoms with Gasteiger partial charge in [0.25, 0.3) is 11.8 Å². The van der Waals surface area contributed by atoms with Gasteiger partial charge in [0, 0.05) is 30.9 Å². The second kappa shape index (κ2) is 7.79. The predicted molar refractivity (Wildman–Crippen MR) is 96.5 cm³/mol. The summed E-state index contributed by atoms with van der Waals surface area (Å²) in [6.45, 7) is 3.10. The first-order valence-electron chi connectivity index (χ1n) is 8.53. The summed E-state index contributed by atoms with van der Waals surface area (Å²) in [5, 5.41) is 8.92. The Hall–Kier alpha value is -2.89. The molecule has 1 heterocycles. The second-order valence-corrected chi connectivity index (χ2v) is 6.09. The van der Waals surface area contributed by atoms with Gasteiger partial charge in [0.2, 0.25) is 0 Å². The van der Waals surface area contributed by atoms with Crippen LogP contribution in [-0.4, -0.2) is 29.4 Å². The molecule has 6 heteroatoms. The van der Waals surface area contributed by atoms with E-state index in [1.165, 1.54) is 0 Å². The molecule has 1 aromatic heterocycles. The van der Waals surface area contributed by atoms with E-state index >= 15 is 0 Å². The van der Waals surface area contributed by atoms with Crippen molar-refractivity contribution in [2.45, 2.75) is 32.4 Å². The van der Waals surface area contributed by atoms with Gasteiger partial charge >= 0.3 is 0 Å². The zero-order valence-corrected chi connectivity index (χ0v) is 14.2. The van der Waals surface area contributed by atoms with Crippen LogP contribution in [0.4, 0.5) is 5.82 Å². The number of benzene rings is 1. The smallest absolute Gasteiger partial charge is 0.253 e. The van der Waals surface area contributed by atoms with Crippen molar-refractivity contribution in [2.24, 2.45) is 0 Å². The molecule has 1 aromatic carbocycles. The van der Waals surface area contributed by atoms with Crippen molar-refractivity contribution in [1.29, 1.82) is 0 Å². The summed E-state index contributed by atoms with van der Waals surface area (Å²) in [6.07, 6.45) is 3.72. The predicted octanol–water partition coefficient (Wildman–Crippen LogP) is 2.34. The van der Waals surface area contributed by atoms with Crippen LogP contribution >= 0.6 is 0 Å². The van der Waals surface area contributed by atoms with Crippen molar-refractivity contribution < 1.29 is 9.59 Å². The zero-order valence-electron chi connectivity index (χ0n) is 14.2. The van der Waals surface area contributed by atoms with Gasteiger partial charge in [0.15, 0.2) is 0 Å². The van der Waals surface area contributed by atoms with Crippen molar-refractivity contribution in [1.82, 2.24) is 15.6 Å². The summed E-state index contributed by atoms with van der Waals surface area (Å²) in [6, 6.07) is 11.3. The highest BCUT2D eigenvalue weighted by Gasteiger charge is 2.23. The van der Waals surface area contributed by atoms with Crippen LogP contribution in [0.15, 0.2) is 42.6 Å². The Morgan fingerprint density at radius 3 is 2.36 bits per heavy atom. The van der Waals surface area contributed by atoms with Crippen LogP contribution in [0.3, 0.4) is 0 Å². The fourth-order valence-corrected chi connectivity index (χ4v) is 2.36. The second-order valence-electron chi connectivity index (χ2n) is 6.09. The number of nitrogens with zero attached hydrogens (tertiary/aromatic N) is 1. The van der Waals surface area contributed by atoms with Crippen LogP contribution < -0.4 is 16.0 Å². The molecule has 0 saturated heterocycles. The summed E-state index contributed by atoms with van der Waals surface area (Å²) in [5.74, 6) is 0.571. The summed E-state index contributed by atoms with van der Waals surface area (Å²) in [7, 11) is 0. The van der Waals surface area contributed by atoms with Gasteiger partial charge in [-0.15, -0.1) is 0 Å². The average Bonchev–Trinajstić information content (AvgIpc) is 3.45. The van der Waals surface area contributed by atoms with E-state index in [-0.39, 0.29) is 11.8 Å². The molecule has 2 amide bonds. The Morgan fingerprint density at radius 2 is 1.76 bits per heavy atom. The molecule has 3 rings (SSSR count). The quantitative estimate of drug-likeness (QED) is 0.723. The molecule has 0 bridgehead atoms. The summed E-state index contributed by atoms with van der Waals surface area (Å²) < 4.78 is 0. The molecule has 0 radical (unpaired) electrons. The van der Waals surface area contributed by atoms with Crippen LogP contribution in [0, 0.1) is 0 Å². The van der Waals surface area contributed by atoms with Crippen LogP contribution in [0.25, 0.3) is 0 Å². The Labute approximate surface area is 147 Å². The van der Waals surface area contributed by atoms with E-state index in [0.29, 0.717) is 36.1 Å². The highest BCUT2D eigenvalue weighted by Crippen LogP contribution is 2.19. The van der Waals surface area contributed by atoms with E-state index in [9.17, 15) is 9.59 Å². The molecule has 0 spiro atoms. The molecule has 1 saturated carbocycles. The lowest BCUT2D eigenvalue weighted by atomic mass is 10.1. The number of anilines is 1. The molecular formula is C19H22N4O2. The van der Waals surface area contributed by atoms with Crippen LogP contribution in [-0.2, 0) is 6.54 Å². The fraction of sp³-hybridized carbons (Fsp3) is 0.316. The van der Waals surface area contributed by atoms with Crippen molar-refractivity contribution in [3.05, 3.63) is 59.3 Å². The van der Waals surface area contributed by atoms with Crippen molar-refractivity contribution >= 4 is 17.6 Å². The lowest BCUT2D eigenvalue weighted by Crippen LogP contribution is -2.25. The molecule has 1 fully saturated rings. The van der Waals surface area contributed by atoms with Crippen LogP contribution in [0.1, 0.15) is 46.0 Å². The molecule has 130 valence electrons. The standard InChI is InChI=1S/C19H22N4O2/c1-2-20-18(24)14-5-3-13(4-6-14)11-21-17-10-7-15(12-22-17)19(25)23-16-8-9-16/h3-7,10,12,16H,2,8-9,11H2,1H3,(H,20,24)(H,21,22)(H,23,25). The third-order valence-corrected chi connectivity index (χ3v) is 3.97. The summed E-state index contributed by atoms with van der Waals surface area (Å²) in [4.78, 5) is 27.9. The normalized spacial score (nSPS) is 13.2. The Balaban J connectivity index is 1.52. The maximum atomic E-state index is 11.9. The minimum absolute atomic E-state index is 0.0660. The zero-order chi connectivity index (χ0) is 17.6. The third kappa shape index (κ3) is 4.79.